The first-order chi connectivity index (χ1) is 15.7. The van der Waals surface area contributed by atoms with E-state index in [1.165, 1.54) is 7.05 Å². The lowest BCUT2D eigenvalue weighted by Gasteiger charge is -2.34. The fourth-order valence-corrected chi connectivity index (χ4v) is 3.86. The van der Waals surface area contributed by atoms with Gasteiger partial charge in [-0.2, -0.15) is 5.10 Å². The van der Waals surface area contributed by atoms with E-state index >= 15 is 0 Å². The van der Waals surface area contributed by atoms with Crippen LogP contribution in [0.4, 0.5) is 5.82 Å². The number of anilines is 1. The van der Waals surface area contributed by atoms with Crippen LogP contribution in [-0.4, -0.2) is 49.5 Å². The molecular formula is C24H29N5O3. The summed E-state index contributed by atoms with van der Waals surface area (Å²) in [6.07, 6.45) is 2.98. The molecule has 1 aliphatic rings. The van der Waals surface area contributed by atoms with Crippen LogP contribution in [-0.2, 0) is 10.3 Å². The highest BCUT2D eigenvalue weighted by atomic mass is 16.5. The summed E-state index contributed by atoms with van der Waals surface area (Å²) in [7, 11) is 3.24. The van der Waals surface area contributed by atoms with E-state index in [9.17, 15) is 9.59 Å². The van der Waals surface area contributed by atoms with E-state index in [1.807, 2.05) is 54.6 Å². The summed E-state index contributed by atoms with van der Waals surface area (Å²) in [5, 5.41) is 11.1. The summed E-state index contributed by atoms with van der Waals surface area (Å²) < 4.78 is 7.53. The second-order valence-electron chi connectivity index (χ2n) is 7.30. The van der Waals surface area contributed by atoms with E-state index in [-0.39, 0.29) is 0 Å². The number of nitrogens with zero attached hydrogens (tertiary/aromatic N) is 2. The van der Waals surface area contributed by atoms with Crippen LogP contribution in [0.2, 0.25) is 0 Å². The molecule has 0 spiro atoms. The number of aromatic nitrogens is 2. The summed E-state index contributed by atoms with van der Waals surface area (Å²) in [6, 6.07) is 16.9. The van der Waals surface area contributed by atoms with Crippen molar-refractivity contribution in [3.05, 3.63) is 60.2 Å². The van der Waals surface area contributed by atoms with Gasteiger partial charge in [-0.3, -0.25) is 4.79 Å². The first-order valence-electron chi connectivity index (χ1n) is 10.6. The van der Waals surface area contributed by atoms with Crippen LogP contribution in [0, 0.1) is 0 Å². The zero-order valence-electron chi connectivity index (χ0n) is 18.4. The molecule has 3 aromatic rings. The van der Waals surface area contributed by atoms with Crippen molar-refractivity contribution in [3.8, 4) is 22.8 Å². The van der Waals surface area contributed by atoms with Crippen molar-refractivity contribution in [1.82, 2.24) is 15.1 Å². The largest absolute Gasteiger partial charge is 0.457 e. The van der Waals surface area contributed by atoms with Gasteiger partial charge >= 0.3 is 0 Å². The number of piperidine rings is 1. The van der Waals surface area contributed by atoms with Gasteiger partial charge in [-0.1, -0.05) is 18.2 Å². The van der Waals surface area contributed by atoms with E-state index in [1.54, 1.807) is 11.7 Å². The molecule has 32 heavy (non-hydrogen) atoms. The van der Waals surface area contributed by atoms with Crippen molar-refractivity contribution in [1.29, 1.82) is 0 Å². The highest BCUT2D eigenvalue weighted by Gasteiger charge is 2.38. The van der Waals surface area contributed by atoms with Crippen LogP contribution in [0.15, 0.2) is 54.6 Å². The van der Waals surface area contributed by atoms with Gasteiger partial charge in [-0.05, 0) is 69.4 Å². The summed E-state index contributed by atoms with van der Waals surface area (Å²) in [5.74, 6) is 1.99. The van der Waals surface area contributed by atoms with Crippen LogP contribution < -0.4 is 21.1 Å². The highest BCUT2D eigenvalue weighted by molar-refractivity contribution is 5.92. The molecule has 0 saturated carbocycles. The predicted octanol–water partition coefficient (Wildman–Crippen LogP) is 3.05. The van der Waals surface area contributed by atoms with E-state index in [4.69, 9.17) is 9.84 Å². The Morgan fingerprint density at radius 1 is 1.03 bits per heavy atom. The van der Waals surface area contributed by atoms with E-state index in [2.05, 4.69) is 16.4 Å². The summed E-state index contributed by atoms with van der Waals surface area (Å²) >= 11 is 0. The number of nitrogens with one attached hydrogen (secondary N) is 2. The van der Waals surface area contributed by atoms with E-state index < -0.39 is 5.54 Å². The minimum atomic E-state index is -0.768. The Hall–Kier alpha value is -3.49. The number of rotatable bonds is 7. The van der Waals surface area contributed by atoms with Gasteiger partial charge in [0.15, 0.2) is 6.29 Å². The third-order valence-electron chi connectivity index (χ3n) is 5.49. The topological polar surface area (TPSA) is 111 Å². The van der Waals surface area contributed by atoms with Crippen molar-refractivity contribution in [2.24, 2.45) is 5.73 Å². The van der Waals surface area contributed by atoms with Crippen LogP contribution in [0.1, 0.15) is 23.2 Å². The average molecular weight is 436 g/mol. The summed E-state index contributed by atoms with van der Waals surface area (Å²) in [5.41, 5.74) is 5.49. The first kappa shape index (κ1) is 23.2. The molecule has 4 rings (SSSR count). The molecule has 2 heterocycles. The van der Waals surface area contributed by atoms with Crippen LogP contribution in [0.5, 0.6) is 11.5 Å². The Labute approximate surface area is 187 Å². The van der Waals surface area contributed by atoms with Crippen LogP contribution in [0.3, 0.4) is 0 Å². The predicted molar refractivity (Wildman–Crippen MR) is 125 cm³/mol. The van der Waals surface area contributed by atoms with Crippen LogP contribution in [0.25, 0.3) is 11.3 Å². The van der Waals surface area contributed by atoms with Gasteiger partial charge in [-0.25, -0.2) is 4.68 Å². The van der Waals surface area contributed by atoms with Gasteiger partial charge < -0.3 is 25.9 Å². The summed E-state index contributed by atoms with van der Waals surface area (Å²) in [6.45, 7) is 1.44. The average Bonchev–Trinajstić information content (AvgIpc) is 3.26. The molecule has 168 valence electrons. The third-order valence-corrected chi connectivity index (χ3v) is 5.49. The van der Waals surface area contributed by atoms with E-state index in [0.29, 0.717) is 35.7 Å². The number of ether oxygens (including phenoxy) is 1. The van der Waals surface area contributed by atoms with Gasteiger partial charge in [-0.15, -0.1) is 0 Å². The Balaban J connectivity index is 0.00000141. The zero-order valence-corrected chi connectivity index (χ0v) is 18.4. The van der Waals surface area contributed by atoms with Crippen molar-refractivity contribution in [2.75, 3.05) is 32.5 Å². The molecule has 4 N–H and O–H groups in total. The zero-order chi connectivity index (χ0) is 23.0. The number of para-hydroxylation sites is 1. The van der Waals surface area contributed by atoms with Crippen molar-refractivity contribution < 1.29 is 14.3 Å². The second kappa shape index (κ2) is 10.7. The summed E-state index contributed by atoms with van der Waals surface area (Å²) in [4.78, 5) is 24.1. The fourth-order valence-electron chi connectivity index (χ4n) is 3.86. The van der Waals surface area contributed by atoms with Crippen molar-refractivity contribution >= 4 is 18.4 Å². The smallest absolute Gasteiger partial charge is 0.156 e. The normalized spacial score (nSPS) is 14.6. The molecule has 1 fully saturated rings. The number of carbonyl (C=O) groups is 2. The Morgan fingerprint density at radius 2 is 1.66 bits per heavy atom. The standard InChI is InChI=1S/C23H24N4O3.CH5N/c1-24-22-20(15-28)21(26-27(22)23(16-29)11-13-25-14-12-23)17-7-9-19(10-8-17)30-18-5-3-2-4-6-18;1-2/h2-10,15-16,24-25H,11-14H2,1H3;2H2,1H3. The lowest BCUT2D eigenvalue weighted by Crippen LogP contribution is -2.46. The monoisotopic (exact) mass is 435 g/mol. The highest BCUT2D eigenvalue weighted by Crippen LogP contribution is 2.35. The van der Waals surface area contributed by atoms with E-state index in [0.717, 1.165) is 37.0 Å². The lowest BCUT2D eigenvalue weighted by molar-refractivity contribution is -0.116. The molecule has 0 radical (unpaired) electrons. The molecule has 0 atom stereocenters. The number of hydrogen-bond donors (Lipinski definition) is 3. The molecule has 1 aromatic heterocycles. The molecule has 0 amide bonds. The van der Waals surface area contributed by atoms with Gasteiger partial charge in [0, 0.05) is 12.6 Å². The van der Waals surface area contributed by atoms with Crippen LogP contribution >= 0.6 is 0 Å². The first-order valence-corrected chi connectivity index (χ1v) is 10.6. The lowest BCUT2D eigenvalue weighted by atomic mass is 9.90. The number of carbonyl (C=O) groups excluding carboxylic acids is 2. The minimum Gasteiger partial charge on any atom is -0.457 e. The molecule has 0 aliphatic carbocycles. The Kier molecular flexibility index (Phi) is 7.75. The number of nitrogens with two attached hydrogens (primary N) is 1. The minimum absolute atomic E-state index is 0.439. The quantitative estimate of drug-likeness (QED) is 0.489. The molecule has 0 bridgehead atoms. The Bertz CT molecular complexity index is 1030. The second-order valence-corrected chi connectivity index (χ2v) is 7.30. The number of aldehydes is 2. The maximum atomic E-state index is 12.1. The van der Waals surface area contributed by atoms with Crippen molar-refractivity contribution in [3.63, 3.8) is 0 Å². The number of hydrogen-bond acceptors (Lipinski definition) is 7. The SMILES string of the molecule is CN.CNc1c(C=O)c(-c2ccc(Oc3ccccc3)cc2)nn1C1(C=O)CCNCC1. The molecular weight excluding hydrogens is 406 g/mol. The molecule has 8 nitrogen and oxygen atoms in total. The third kappa shape index (κ3) is 4.56. The molecule has 1 saturated heterocycles. The maximum absolute atomic E-state index is 12.1. The van der Waals surface area contributed by atoms with Gasteiger partial charge in [0.25, 0.3) is 0 Å². The maximum Gasteiger partial charge on any atom is 0.156 e. The van der Waals surface area contributed by atoms with Gasteiger partial charge in [0.2, 0.25) is 0 Å². The number of benzene rings is 2. The Morgan fingerprint density at radius 3 is 2.22 bits per heavy atom. The molecule has 1 aliphatic heterocycles. The van der Waals surface area contributed by atoms with Crippen molar-refractivity contribution in [2.45, 2.75) is 18.4 Å². The van der Waals surface area contributed by atoms with Gasteiger partial charge in [0.05, 0.1) is 5.56 Å². The molecule has 2 aromatic carbocycles. The molecule has 8 heteroatoms. The van der Waals surface area contributed by atoms with Gasteiger partial charge in [0.1, 0.15) is 34.8 Å². The fraction of sp³-hybridized carbons (Fsp3) is 0.292. The molecule has 0 unspecified atom stereocenters.